The van der Waals surface area contributed by atoms with Crippen molar-refractivity contribution in [1.29, 1.82) is 0 Å². The Bertz CT molecular complexity index is 427. The Hall–Kier alpha value is -1.04. The highest BCUT2D eigenvalue weighted by atomic mass is 79.9. The molecule has 0 unspecified atom stereocenters. The molecule has 1 aromatic rings. The van der Waals surface area contributed by atoms with Crippen molar-refractivity contribution in [2.24, 2.45) is 0 Å². The summed E-state index contributed by atoms with van der Waals surface area (Å²) in [5.41, 5.74) is 0.457. The maximum absolute atomic E-state index is 12.1. The number of ketones is 1. The Kier molecular flexibility index (Phi) is 3.62. The van der Waals surface area contributed by atoms with E-state index in [1.54, 1.807) is 13.0 Å². The third-order valence-corrected chi connectivity index (χ3v) is 2.87. The first-order valence-corrected chi connectivity index (χ1v) is 5.07. The molecular weight excluding hydrogens is 289 g/mol. The lowest BCUT2D eigenvalue weighted by atomic mass is 10.1. The molecule has 2 nitrogen and oxygen atoms in total. The Morgan fingerprint density at radius 2 is 1.94 bits per heavy atom. The van der Waals surface area contributed by atoms with Gasteiger partial charge in [0.15, 0.2) is 11.5 Å². The summed E-state index contributed by atoms with van der Waals surface area (Å²) in [7, 11) is 0. The van der Waals surface area contributed by atoms with E-state index in [-0.39, 0.29) is 10.0 Å². The minimum absolute atomic E-state index is 0.102. The van der Waals surface area contributed by atoms with Crippen molar-refractivity contribution < 1.29 is 22.7 Å². The highest BCUT2D eigenvalue weighted by Crippen LogP contribution is 2.36. The molecule has 0 saturated carbocycles. The van der Waals surface area contributed by atoms with Gasteiger partial charge in [0.25, 0.3) is 0 Å². The average Bonchev–Trinajstić information content (AvgIpc) is 2.10. The van der Waals surface area contributed by atoms with Gasteiger partial charge >= 0.3 is 6.36 Å². The van der Waals surface area contributed by atoms with Crippen molar-refractivity contribution in [2.75, 3.05) is 0 Å². The minimum Gasteiger partial charge on any atom is -0.404 e. The van der Waals surface area contributed by atoms with Crippen LogP contribution in [0.15, 0.2) is 16.6 Å². The summed E-state index contributed by atoms with van der Waals surface area (Å²) in [5, 5.41) is 0. The van der Waals surface area contributed by atoms with Gasteiger partial charge in [0.1, 0.15) is 0 Å². The molecule has 0 atom stereocenters. The minimum atomic E-state index is -4.82. The number of aryl methyl sites for hydroxylation is 1. The van der Waals surface area contributed by atoms with Crippen LogP contribution in [0, 0.1) is 6.92 Å². The highest BCUT2D eigenvalue weighted by Gasteiger charge is 2.33. The van der Waals surface area contributed by atoms with Gasteiger partial charge in [-0.25, -0.2) is 0 Å². The van der Waals surface area contributed by atoms with Gasteiger partial charge in [0, 0.05) is 0 Å². The number of benzene rings is 1. The number of hydrogen-bond acceptors (Lipinski definition) is 2. The topological polar surface area (TPSA) is 26.3 Å². The molecular formula is C10H8BrF3O2. The van der Waals surface area contributed by atoms with Crippen LogP contribution in [0.3, 0.4) is 0 Å². The quantitative estimate of drug-likeness (QED) is 0.775. The van der Waals surface area contributed by atoms with Crippen LogP contribution in [-0.2, 0) is 0 Å². The summed E-state index contributed by atoms with van der Waals surface area (Å²) in [6.07, 6.45) is -4.82. The van der Waals surface area contributed by atoms with E-state index in [0.29, 0.717) is 5.56 Å². The molecule has 0 heterocycles. The summed E-state index contributed by atoms with van der Waals surface area (Å²) < 4.78 is 40.4. The van der Waals surface area contributed by atoms with E-state index in [0.717, 1.165) is 0 Å². The molecule has 88 valence electrons. The fourth-order valence-electron chi connectivity index (χ4n) is 1.15. The number of alkyl halides is 3. The van der Waals surface area contributed by atoms with E-state index in [1.807, 2.05) is 0 Å². The predicted molar refractivity (Wildman–Crippen MR) is 55.6 cm³/mol. The standard InChI is InChI=1S/C10H8BrF3O2/c1-5-3-4-7(6(2)15)9(8(5)11)16-10(12,13)14/h3-4H,1-2H3. The van der Waals surface area contributed by atoms with Crippen molar-refractivity contribution in [3.8, 4) is 5.75 Å². The number of halogens is 4. The highest BCUT2D eigenvalue weighted by molar-refractivity contribution is 9.10. The number of carbonyl (C=O) groups excluding carboxylic acids is 1. The van der Waals surface area contributed by atoms with Crippen LogP contribution >= 0.6 is 15.9 Å². The molecule has 0 aliphatic rings. The van der Waals surface area contributed by atoms with E-state index in [2.05, 4.69) is 20.7 Å². The summed E-state index contributed by atoms with van der Waals surface area (Å²) in [6.45, 7) is 2.79. The second-order valence-corrected chi connectivity index (χ2v) is 3.97. The third-order valence-electron chi connectivity index (χ3n) is 1.89. The van der Waals surface area contributed by atoms with Gasteiger partial charge in [-0.1, -0.05) is 6.07 Å². The zero-order chi connectivity index (χ0) is 12.5. The van der Waals surface area contributed by atoms with Gasteiger partial charge in [-0.15, -0.1) is 13.2 Å². The van der Waals surface area contributed by atoms with Gasteiger partial charge in [-0.3, -0.25) is 4.79 Å². The number of carbonyl (C=O) groups is 1. The molecule has 1 rings (SSSR count). The molecule has 16 heavy (non-hydrogen) atoms. The number of ether oxygens (including phenoxy) is 1. The van der Waals surface area contributed by atoms with Gasteiger partial charge in [-0.2, -0.15) is 0 Å². The van der Waals surface area contributed by atoms with E-state index < -0.39 is 17.9 Å². The Balaban J connectivity index is 3.32. The summed E-state index contributed by atoms with van der Waals surface area (Å²) >= 11 is 2.97. The van der Waals surface area contributed by atoms with Crippen molar-refractivity contribution in [3.05, 3.63) is 27.7 Å². The summed E-state index contributed by atoms with van der Waals surface area (Å²) in [4.78, 5) is 11.1. The van der Waals surface area contributed by atoms with Crippen LogP contribution in [0.1, 0.15) is 22.8 Å². The lowest BCUT2D eigenvalue weighted by Crippen LogP contribution is -2.19. The van der Waals surface area contributed by atoms with E-state index in [1.165, 1.54) is 13.0 Å². The Morgan fingerprint density at radius 1 is 1.38 bits per heavy atom. The lowest BCUT2D eigenvalue weighted by Gasteiger charge is -2.14. The smallest absolute Gasteiger partial charge is 0.404 e. The molecule has 0 amide bonds. The molecule has 1 aromatic carbocycles. The molecule has 0 radical (unpaired) electrons. The number of Topliss-reactive ketones (excluding diaryl/α,β-unsaturated/α-hetero) is 1. The zero-order valence-electron chi connectivity index (χ0n) is 8.48. The first-order valence-electron chi connectivity index (χ1n) is 4.28. The van der Waals surface area contributed by atoms with Gasteiger partial charge < -0.3 is 4.74 Å². The second kappa shape index (κ2) is 4.45. The third kappa shape index (κ3) is 2.98. The first-order chi connectivity index (χ1) is 7.22. The summed E-state index contributed by atoms with van der Waals surface area (Å²) in [6, 6.07) is 2.85. The SMILES string of the molecule is CC(=O)c1ccc(C)c(Br)c1OC(F)(F)F. The monoisotopic (exact) mass is 296 g/mol. The van der Waals surface area contributed by atoms with Crippen molar-refractivity contribution in [2.45, 2.75) is 20.2 Å². The average molecular weight is 297 g/mol. The maximum Gasteiger partial charge on any atom is 0.573 e. The molecule has 0 fully saturated rings. The van der Waals surface area contributed by atoms with Crippen LogP contribution in [0.2, 0.25) is 0 Å². The Labute approximate surface area is 98.5 Å². The van der Waals surface area contributed by atoms with Gasteiger partial charge in [0.05, 0.1) is 10.0 Å². The van der Waals surface area contributed by atoms with Crippen LogP contribution < -0.4 is 4.74 Å². The number of hydrogen-bond donors (Lipinski definition) is 0. The van der Waals surface area contributed by atoms with E-state index in [4.69, 9.17) is 0 Å². The maximum atomic E-state index is 12.1. The van der Waals surface area contributed by atoms with Crippen LogP contribution in [0.5, 0.6) is 5.75 Å². The molecule has 0 aliphatic heterocycles. The van der Waals surface area contributed by atoms with Crippen LogP contribution in [0.4, 0.5) is 13.2 Å². The molecule has 6 heteroatoms. The van der Waals surface area contributed by atoms with Crippen LogP contribution in [-0.4, -0.2) is 12.1 Å². The zero-order valence-corrected chi connectivity index (χ0v) is 10.1. The van der Waals surface area contributed by atoms with Crippen molar-refractivity contribution in [1.82, 2.24) is 0 Å². The van der Waals surface area contributed by atoms with Crippen molar-refractivity contribution in [3.63, 3.8) is 0 Å². The van der Waals surface area contributed by atoms with Crippen LogP contribution in [0.25, 0.3) is 0 Å². The van der Waals surface area contributed by atoms with E-state index in [9.17, 15) is 18.0 Å². The fraction of sp³-hybridized carbons (Fsp3) is 0.300. The molecule has 0 N–H and O–H groups in total. The molecule has 0 bridgehead atoms. The molecule has 0 saturated heterocycles. The van der Waals surface area contributed by atoms with Gasteiger partial charge in [-0.05, 0) is 41.4 Å². The normalized spacial score (nSPS) is 11.4. The second-order valence-electron chi connectivity index (χ2n) is 3.18. The lowest BCUT2D eigenvalue weighted by molar-refractivity contribution is -0.275. The number of rotatable bonds is 2. The Morgan fingerprint density at radius 3 is 2.38 bits per heavy atom. The molecule has 0 aromatic heterocycles. The van der Waals surface area contributed by atoms with Gasteiger partial charge in [0.2, 0.25) is 0 Å². The fourth-order valence-corrected chi connectivity index (χ4v) is 1.57. The largest absolute Gasteiger partial charge is 0.573 e. The first kappa shape index (κ1) is 13.0. The molecule has 0 spiro atoms. The summed E-state index contributed by atoms with van der Waals surface area (Å²) in [5.74, 6) is -0.972. The predicted octanol–water partition coefficient (Wildman–Crippen LogP) is 3.86. The molecule has 0 aliphatic carbocycles. The van der Waals surface area contributed by atoms with Crippen molar-refractivity contribution >= 4 is 21.7 Å². The van der Waals surface area contributed by atoms with E-state index >= 15 is 0 Å².